The van der Waals surface area contributed by atoms with E-state index in [1.807, 2.05) is 0 Å². The van der Waals surface area contributed by atoms with E-state index in [1.54, 1.807) is 0 Å². The first-order valence-corrected chi connectivity index (χ1v) is 6.65. The third kappa shape index (κ3) is 2.94. The molecule has 1 N–H and O–H groups in total. The summed E-state index contributed by atoms with van der Waals surface area (Å²) < 4.78 is 0. The summed E-state index contributed by atoms with van der Waals surface area (Å²) in [5.41, 5.74) is 0.618. The molecule has 2 aliphatic heterocycles. The Balaban J connectivity index is 1.76. The van der Waals surface area contributed by atoms with Crippen LogP contribution >= 0.6 is 0 Å². The fraction of sp³-hybridized carbons (Fsp3) is 1.00. The SMILES string of the molecule is CCC1(C)CCN(CC2CCNCC2)C1. The van der Waals surface area contributed by atoms with Crippen LogP contribution in [0.15, 0.2) is 0 Å². The van der Waals surface area contributed by atoms with Crippen LogP contribution in [0, 0.1) is 11.3 Å². The van der Waals surface area contributed by atoms with E-state index in [2.05, 4.69) is 24.1 Å². The number of piperidine rings is 1. The second kappa shape index (κ2) is 4.84. The summed E-state index contributed by atoms with van der Waals surface area (Å²) in [4.78, 5) is 2.71. The minimum Gasteiger partial charge on any atom is -0.317 e. The molecule has 2 aliphatic rings. The third-order valence-corrected chi connectivity index (χ3v) is 4.47. The van der Waals surface area contributed by atoms with Crippen molar-refractivity contribution in [3.63, 3.8) is 0 Å². The van der Waals surface area contributed by atoms with Crippen LogP contribution in [0.1, 0.15) is 39.5 Å². The van der Waals surface area contributed by atoms with E-state index in [0.29, 0.717) is 5.41 Å². The van der Waals surface area contributed by atoms with Crippen molar-refractivity contribution in [1.29, 1.82) is 0 Å². The molecule has 0 bridgehead atoms. The third-order valence-electron chi connectivity index (χ3n) is 4.47. The molecule has 0 aromatic carbocycles. The Bertz CT molecular complexity index is 199. The van der Waals surface area contributed by atoms with E-state index >= 15 is 0 Å². The summed E-state index contributed by atoms with van der Waals surface area (Å²) in [6.07, 6.45) is 5.53. The van der Waals surface area contributed by atoms with Crippen LogP contribution in [0.4, 0.5) is 0 Å². The van der Waals surface area contributed by atoms with Crippen molar-refractivity contribution in [1.82, 2.24) is 10.2 Å². The Morgan fingerprint density at radius 3 is 2.67 bits per heavy atom. The molecule has 2 nitrogen and oxygen atoms in total. The first-order valence-electron chi connectivity index (χ1n) is 6.65. The molecular formula is C13H26N2. The minimum absolute atomic E-state index is 0.618. The lowest BCUT2D eigenvalue weighted by Crippen LogP contribution is -2.36. The van der Waals surface area contributed by atoms with Crippen molar-refractivity contribution in [2.75, 3.05) is 32.7 Å². The van der Waals surface area contributed by atoms with Crippen molar-refractivity contribution >= 4 is 0 Å². The van der Waals surface area contributed by atoms with Crippen LogP contribution < -0.4 is 5.32 Å². The van der Waals surface area contributed by atoms with Crippen LogP contribution in [0.2, 0.25) is 0 Å². The van der Waals surface area contributed by atoms with E-state index in [9.17, 15) is 0 Å². The van der Waals surface area contributed by atoms with Crippen LogP contribution in [0.3, 0.4) is 0 Å². The Morgan fingerprint density at radius 1 is 1.33 bits per heavy atom. The highest BCUT2D eigenvalue weighted by molar-refractivity contribution is 4.86. The molecule has 1 atom stereocenters. The second-order valence-corrected chi connectivity index (χ2v) is 5.84. The second-order valence-electron chi connectivity index (χ2n) is 5.84. The van der Waals surface area contributed by atoms with Crippen molar-refractivity contribution in [3.8, 4) is 0 Å². The normalized spacial score (nSPS) is 34.8. The zero-order valence-electron chi connectivity index (χ0n) is 10.4. The molecule has 15 heavy (non-hydrogen) atoms. The molecule has 0 amide bonds. The molecule has 2 heteroatoms. The van der Waals surface area contributed by atoms with Gasteiger partial charge in [-0.05, 0) is 56.7 Å². The average Bonchev–Trinajstić information content (AvgIpc) is 2.63. The molecular weight excluding hydrogens is 184 g/mol. The summed E-state index contributed by atoms with van der Waals surface area (Å²) in [6, 6.07) is 0. The number of nitrogens with zero attached hydrogens (tertiary/aromatic N) is 1. The summed E-state index contributed by atoms with van der Waals surface area (Å²) in [5, 5.41) is 3.45. The fourth-order valence-electron chi connectivity index (χ4n) is 3.00. The molecule has 0 aliphatic carbocycles. The van der Waals surface area contributed by atoms with Gasteiger partial charge >= 0.3 is 0 Å². The minimum atomic E-state index is 0.618. The molecule has 0 spiro atoms. The Labute approximate surface area is 94.4 Å². The quantitative estimate of drug-likeness (QED) is 0.767. The molecule has 0 aromatic rings. The van der Waals surface area contributed by atoms with E-state index in [4.69, 9.17) is 0 Å². The lowest BCUT2D eigenvalue weighted by Gasteiger charge is -2.28. The summed E-state index contributed by atoms with van der Waals surface area (Å²) in [5.74, 6) is 0.963. The van der Waals surface area contributed by atoms with Crippen LogP contribution in [-0.4, -0.2) is 37.6 Å². The molecule has 2 heterocycles. The lowest BCUT2D eigenvalue weighted by molar-refractivity contribution is 0.214. The van der Waals surface area contributed by atoms with Crippen molar-refractivity contribution in [3.05, 3.63) is 0 Å². The molecule has 2 saturated heterocycles. The highest BCUT2D eigenvalue weighted by Gasteiger charge is 2.32. The van der Waals surface area contributed by atoms with Crippen molar-refractivity contribution in [2.24, 2.45) is 11.3 Å². The summed E-state index contributed by atoms with van der Waals surface area (Å²) >= 11 is 0. The standard InChI is InChI=1S/C13H26N2/c1-3-13(2)6-9-15(11-13)10-12-4-7-14-8-5-12/h12,14H,3-11H2,1-2H3. The maximum atomic E-state index is 3.45. The molecule has 0 aromatic heterocycles. The Kier molecular flexibility index (Phi) is 3.68. The van der Waals surface area contributed by atoms with E-state index < -0.39 is 0 Å². The largest absolute Gasteiger partial charge is 0.317 e. The van der Waals surface area contributed by atoms with Crippen LogP contribution in [-0.2, 0) is 0 Å². The predicted molar refractivity (Wildman–Crippen MR) is 65.0 cm³/mol. The van der Waals surface area contributed by atoms with Gasteiger partial charge in [0, 0.05) is 13.1 Å². The van der Waals surface area contributed by atoms with Gasteiger partial charge in [0.2, 0.25) is 0 Å². The van der Waals surface area contributed by atoms with Crippen LogP contribution in [0.25, 0.3) is 0 Å². The fourth-order valence-corrected chi connectivity index (χ4v) is 3.00. The van der Waals surface area contributed by atoms with Gasteiger partial charge in [-0.2, -0.15) is 0 Å². The van der Waals surface area contributed by atoms with E-state index in [1.165, 1.54) is 58.4 Å². The molecule has 1 unspecified atom stereocenters. The number of rotatable bonds is 3. The Morgan fingerprint density at radius 2 is 2.07 bits per heavy atom. The lowest BCUT2D eigenvalue weighted by atomic mass is 9.87. The molecule has 0 radical (unpaired) electrons. The Hall–Kier alpha value is -0.0800. The highest BCUT2D eigenvalue weighted by atomic mass is 15.2. The van der Waals surface area contributed by atoms with Crippen LogP contribution in [0.5, 0.6) is 0 Å². The van der Waals surface area contributed by atoms with Gasteiger partial charge in [0.1, 0.15) is 0 Å². The number of likely N-dealkylation sites (tertiary alicyclic amines) is 1. The zero-order chi connectivity index (χ0) is 10.7. The van der Waals surface area contributed by atoms with Crippen molar-refractivity contribution < 1.29 is 0 Å². The van der Waals surface area contributed by atoms with Gasteiger partial charge in [-0.25, -0.2) is 0 Å². The smallest absolute Gasteiger partial charge is 0.00358 e. The van der Waals surface area contributed by atoms with Gasteiger partial charge in [-0.15, -0.1) is 0 Å². The van der Waals surface area contributed by atoms with Gasteiger partial charge in [-0.3, -0.25) is 0 Å². The maximum Gasteiger partial charge on any atom is 0.00358 e. The molecule has 0 saturated carbocycles. The van der Waals surface area contributed by atoms with E-state index in [-0.39, 0.29) is 0 Å². The summed E-state index contributed by atoms with van der Waals surface area (Å²) in [7, 11) is 0. The zero-order valence-corrected chi connectivity index (χ0v) is 10.4. The monoisotopic (exact) mass is 210 g/mol. The van der Waals surface area contributed by atoms with Gasteiger partial charge < -0.3 is 10.2 Å². The number of nitrogens with one attached hydrogen (secondary N) is 1. The maximum absolute atomic E-state index is 3.45. The topological polar surface area (TPSA) is 15.3 Å². The van der Waals surface area contributed by atoms with Crippen molar-refractivity contribution in [2.45, 2.75) is 39.5 Å². The van der Waals surface area contributed by atoms with E-state index in [0.717, 1.165) is 5.92 Å². The molecule has 2 rings (SSSR count). The molecule has 88 valence electrons. The molecule has 2 fully saturated rings. The first-order chi connectivity index (χ1) is 7.22. The predicted octanol–water partition coefficient (Wildman–Crippen LogP) is 2.11. The van der Waals surface area contributed by atoms with Gasteiger partial charge in [0.05, 0.1) is 0 Å². The van der Waals surface area contributed by atoms with Gasteiger partial charge in [0.25, 0.3) is 0 Å². The first kappa shape index (κ1) is 11.4. The highest BCUT2D eigenvalue weighted by Crippen LogP contribution is 2.33. The average molecular weight is 210 g/mol. The summed E-state index contributed by atoms with van der Waals surface area (Å²) in [6.45, 7) is 11.3. The van der Waals surface area contributed by atoms with Gasteiger partial charge in [-0.1, -0.05) is 13.8 Å². The number of hydrogen-bond donors (Lipinski definition) is 1. The number of hydrogen-bond acceptors (Lipinski definition) is 2. The van der Waals surface area contributed by atoms with Gasteiger partial charge in [0.15, 0.2) is 0 Å².